The molecule has 0 fully saturated rings. The number of anilines is 1. The van der Waals surface area contributed by atoms with Gasteiger partial charge in [-0.25, -0.2) is 8.42 Å². The maximum Gasteiger partial charge on any atom is 0.244 e. The van der Waals surface area contributed by atoms with Crippen molar-refractivity contribution < 1.29 is 22.7 Å². The lowest BCUT2D eigenvalue weighted by molar-refractivity contribution is -0.140. The van der Waals surface area contributed by atoms with Crippen LogP contribution in [0.3, 0.4) is 0 Å². The number of methoxy groups -OCH3 is 1. The second-order valence-corrected chi connectivity index (χ2v) is 12.9. The predicted molar refractivity (Wildman–Crippen MR) is 164 cm³/mol. The number of hydrogen-bond acceptors (Lipinski definition) is 5. The summed E-state index contributed by atoms with van der Waals surface area (Å²) in [6, 6.07) is 17.4. The van der Waals surface area contributed by atoms with Gasteiger partial charge in [0.05, 0.1) is 34.1 Å². The average Bonchev–Trinajstić information content (AvgIpc) is 2.90. The summed E-state index contributed by atoms with van der Waals surface area (Å²) in [5.74, 6) is -0.631. The fraction of sp³-hybridized carbons (Fsp3) is 0.310. The summed E-state index contributed by atoms with van der Waals surface area (Å²) in [6.07, 6.45) is 1.19. The van der Waals surface area contributed by atoms with Crippen LogP contribution in [0.25, 0.3) is 0 Å². The van der Waals surface area contributed by atoms with Crippen LogP contribution in [0.4, 0.5) is 5.69 Å². The van der Waals surface area contributed by atoms with E-state index in [1.54, 1.807) is 18.2 Å². The van der Waals surface area contributed by atoms with E-state index in [0.717, 1.165) is 16.1 Å². The smallest absolute Gasteiger partial charge is 0.244 e. The van der Waals surface area contributed by atoms with Gasteiger partial charge in [0.1, 0.15) is 18.3 Å². The summed E-state index contributed by atoms with van der Waals surface area (Å²) in [5.41, 5.74) is 1.61. The van der Waals surface area contributed by atoms with Gasteiger partial charge in [-0.05, 0) is 55.3 Å². The van der Waals surface area contributed by atoms with Crippen LogP contribution in [0, 0.1) is 0 Å². The molecule has 0 radical (unpaired) electrons. The standard InChI is InChI=1S/C29H32Cl3N3O5S/c1-19(2)33-29(37)26(15-20-8-6-5-7-9-20)34(17-21-10-12-23(30)24(31)14-21)28(36)18-35(41(4,38)39)22-11-13-27(40-3)25(32)16-22/h5-14,16,19,26H,15,17-18H2,1-4H3,(H,33,37)/t26-/m0/s1. The van der Waals surface area contributed by atoms with Gasteiger partial charge < -0.3 is 15.0 Å². The molecule has 0 saturated heterocycles. The molecule has 0 unspecified atom stereocenters. The van der Waals surface area contributed by atoms with Crippen molar-refractivity contribution in [1.82, 2.24) is 10.2 Å². The number of rotatable bonds is 12. The zero-order valence-electron chi connectivity index (χ0n) is 23.1. The van der Waals surface area contributed by atoms with Crippen LogP contribution in [0.1, 0.15) is 25.0 Å². The third kappa shape index (κ3) is 9.00. The third-order valence-corrected chi connectivity index (χ3v) is 8.32. The second kappa shape index (κ2) is 14.3. The molecular formula is C29H32Cl3N3O5S. The lowest BCUT2D eigenvalue weighted by Gasteiger charge is -2.34. The highest BCUT2D eigenvalue weighted by molar-refractivity contribution is 7.92. The van der Waals surface area contributed by atoms with E-state index in [0.29, 0.717) is 16.3 Å². The molecule has 1 atom stereocenters. The number of sulfonamides is 1. The molecule has 3 aromatic carbocycles. The van der Waals surface area contributed by atoms with Crippen molar-refractivity contribution in [2.24, 2.45) is 0 Å². The molecule has 1 N–H and O–H groups in total. The van der Waals surface area contributed by atoms with Gasteiger partial charge in [0.15, 0.2) is 0 Å². The minimum absolute atomic E-state index is 0.0281. The highest BCUT2D eigenvalue weighted by atomic mass is 35.5. The first kappa shape index (κ1) is 32.5. The van der Waals surface area contributed by atoms with Gasteiger partial charge in [0.25, 0.3) is 0 Å². The first-order valence-electron chi connectivity index (χ1n) is 12.7. The van der Waals surface area contributed by atoms with Crippen LogP contribution in [0.5, 0.6) is 5.75 Å². The Hall–Kier alpha value is -2.98. The van der Waals surface area contributed by atoms with E-state index < -0.39 is 28.5 Å². The van der Waals surface area contributed by atoms with Gasteiger partial charge in [0, 0.05) is 19.0 Å². The molecule has 0 saturated carbocycles. The van der Waals surface area contributed by atoms with Crippen molar-refractivity contribution in [1.29, 1.82) is 0 Å². The van der Waals surface area contributed by atoms with Crippen molar-refractivity contribution in [3.63, 3.8) is 0 Å². The predicted octanol–water partition coefficient (Wildman–Crippen LogP) is 5.59. The molecule has 0 aliphatic heterocycles. The summed E-state index contributed by atoms with van der Waals surface area (Å²) >= 11 is 18.6. The van der Waals surface area contributed by atoms with Crippen LogP contribution in [-0.4, -0.2) is 57.1 Å². The van der Waals surface area contributed by atoms with E-state index in [2.05, 4.69) is 5.32 Å². The molecule has 2 amide bonds. The molecule has 3 rings (SSSR count). The van der Waals surface area contributed by atoms with Gasteiger partial charge in [-0.1, -0.05) is 71.2 Å². The van der Waals surface area contributed by atoms with E-state index in [9.17, 15) is 18.0 Å². The van der Waals surface area contributed by atoms with Crippen LogP contribution < -0.4 is 14.4 Å². The van der Waals surface area contributed by atoms with Crippen molar-refractivity contribution in [2.45, 2.75) is 38.9 Å². The summed E-state index contributed by atoms with van der Waals surface area (Å²) < 4.78 is 31.9. The largest absolute Gasteiger partial charge is 0.495 e. The lowest BCUT2D eigenvalue weighted by Crippen LogP contribution is -2.54. The molecule has 8 nitrogen and oxygen atoms in total. The Bertz CT molecular complexity index is 1490. The Morgan fingerprint density at radius 2 is 1.59 bits per heavy atom. The molecular weight excluding hydrogens is 609 g/mol. The van der Waals surface area contributed by atoms with Crippen LogP contribution in [-0.2, 0) is 32.6 Å². The van der Waals surface area contributed by atoms with Crippen molar-refractivity contribution in [3.8, 4) is 5.75 Å². The molecule has 41 heavy (non-hydrogen) atoms. The van der Waals surface area contributed by atoms with E-state index in [1.807, 2.05) is 44.2 Å². The minimum Gasteiger partial charge on any atom is -0.495 e. The maximum atomic E-state index is 14.1. The number of hydrogen-bond donors (Lipinski definition) is 1. The first-order chi connectivity index (χ1) is 19.3. The second-order valence-electron chi connectivity index (χ2n) is 9.73. The number of amides is 2. The SMILES string of the molecule is COc1ccc(N(CC(=O)N(Cc2ccc(Cl)c(Cl)c2)[C@@H](Cc2ccccc2)C(=O)NC(C)C)S(C)(=O)=O)cc1Cl. The van der Waals surface area contributed by atoms with Crippen molar-refractivity contribution in [2.75, 3.05) is 24.2 Å². The number of carbonyl (C=O) groups is 2. The third-order valence-electron chi connectivity index (χ3n) is 6.14. The Balaban J connectivity index is 2.08. The Morgan fingerprint density at radius 3 is 2.15 bits per heavy atom. The molecule has 0 aliphatic carbocycles. The monoisotopic (exact) mass is 639 g/mol. The molecule has 0 heterocycles. The highest BCUT2D eigenvalue weighted by Gasteiger charge is 2.33. The average molecular weight is 641 g/mol. The van der Waals surface area contributed by atoms with Crippen LogP contribution in [0.2, 0.25) is 15.1 Å². The van der Waals surface area contributed by atoms with Crippen LogP contribution in [0.15, 0.2) is 66.7 Å². The quantitative estimate of drug-likeness (QED) is 0.279. The first-order valence-corrected chi connectivity index (χ1v) is 15.7. The minimum atomic E-state index is -3.94. The molecule has 220 valence electrons. The summed E-state index contributed by atoms with van der Waals surface area (Å²) in [6.45, 7) is 3.03. The number of nitrogens with zero attached hydrogens (tertiary/aromatic N) is 2. The van der Waals surface area contributed by atoms with Crippen LogP contribution >= 0.6 is 34.8 Å². The molecule has 12 heteroatoms. The summed E-state index contributed by atoms with van der Waals surface area (Å²) in [5, 5.41) is 3.70. The zero-order valence-corrected chi connectivity index (χ0v) is 26.2. The van der Waals surface area contributed by atoms with Gasteiger partial charge in [-0.3, -0.25) is 13.9 Å². The molecule has 0 aliphatic rings. The normalized spacial score (nSPS) is 12.1. The number of nitrogens with one attached hydrogen (secondary N) is 1. The van der Waals surface area contributed by atoms with Crippen molar-refractivity contribution in [3.05, 3.63) is 92.9 Å². The topological polar surface area (TPSA) is 96.0 Å². The number of benzene rings is 3. The van der Waals surface area contributed by atoms with E-state index in [1.165, 1.54) is 30.2 Å². The highest BCUT2D eigenvalue weighted by Crippen LogP contribution is 2.31. The van der Waals surface area contributed by atoms with Crippen molar-refractivity contribution >= 4 is 62.3 Å². The summed E-state index contributed by atoms with van der Waals surface area (Å²) in [7, 11) is -2.51. The number of ether oxygens (including phenoxy) is 1. The molecule has 3 aromatic rings. The maximum absolute atomic E-state index is 14.1. The Morgan fingerprint density at radius 1 is 0.902 bits per heavy atom. The van der Waals surface area contributed by atoms with Gasteiger partial charge in [-0.2, -0.15) is 0 Å². The van der Waals surface area contributed by atoms with Gasteiger partial charge >= 0.3 is 0 Å². The Kier molecular flexibility index (Phi) is 11.3. The zero-order chi connectivity index (χ0) is 30.3. The van der Waals surface area contributed by atoms with Gasteiger partial charge in [-0.15, -0.1) is 0 Å². The number of halogens is 3. The Labute approximate surface area is 256 Å². The molecule has 0 aromatic heterocycles. The fourth-order valence-corrected chi connectivity index (χ4v) is 5.61. The molecule has 0 spiro atoms. The summed E-state index contributed by atoms with van der Waals surface area (Å²) in [4.78, 5) is 29.0. The lowest BCUT2D eigenvalue weighted by atomic mass is 10.0. The fourth-order valence-electron chi connectivity index (χ4n) is 4.19. The molecule has 0 bridgehead atoms. The number of carbonyl (C=O) groups excluding carboxylic acids is 2. The van der Waals surface area contributed by atoms with E-state index in [4.69, 9.17) is 39.5 Å². The van der Waals surface area contributed by atoms with Gasteiger partial charge in [0.2, 0.25) is 21.8 Å². The van der Waals surface area contributed by atoms with E-state index >= 15 is 0 Å². The van der Waals surface area contributed by atoms with E-state index in [-0.39, 0.29) is 40.6 Å².